The van der Waals surface area contributed by atoms with Crippen molar-refractivity contribution in [2.45, 2.75) is 38.0 Å². The molecule has 0 aromatic heterocycles. The van der Waals surface area contributed by atoms with Crippen LogP contribution in [0.5, 0.6) is 5.75 Å². The smallest absolute Gasteiger partial charge is 0.405 e. The zero-order chi connectivity index (χ0) is 16.1. The van der Waals surface area contributed by atoms with E-state index in [4.69, 9.17) is 9.47 Å². The molecule has 1 aliphatic rings. The molecule has 21 heavy (non-hydrogen) atoms. The third kappa shape index (κ3) is 2.48. The average Bonchev–Trinajstić information content (AvgIpc) is 2.31. The van der Waals surface area contributed by atoms with Gasteiger partial charge in [-0.2, -0.15) is 0 Å². The van der Waals surface area contributed by atoms with Crippen molar-refractivity contribution in [1.82, 2.24) is 0 Å². The first kappa shape index (κ1) is 15.7. The summed E-state index contributed by atoms with van der Waals surface area (Å²) < 4.78 is 63.6. The van der Waals surface area contributed by atoms with Crippen LogP contribution in [0.4, 0.5) is 8.78 Å². The fourth-order valence-corrected chi connectivity index (χ4v) is 2.75. The molecule has 1 aliphatic heterocycles. The van der Waals surface area contributed by atoms with E-state index in [2.05, 4.69) is 4.40 Å². The quantitative estimate of drug-likeness (QED) is 0.798. The Hall–Kier alpha value is -1.70. The SMILES string of the molecule is CC1(C)OC(Oc2c(F)cccc2F)=NS(=O)(=O)C1(C)C. The molecule has 0 fully saturated rings. The molecule has 0 bridgehead atoms. The third-order valence-corrected chi connectivity index (χ3v) is 5.91. The molecule has 0 aliphatic carbocycles. The van der Waals surface area contributed by atoms with Crippen LogP contribution in [0.15, 0.2) is 22.6 Å². The Morgan fingerprint density at radius 2 is 1.67 bits per heavy atom. The molecule has 1 aromatic carbocycles. The summed E-state index contributed by atoms with van der Waals surface area (Å²) in [7, 11) is -3.97. The van der Waals surface area contributed by atoms with Crippen LogP contribution >= 0.6 is 0 Å². The summed E-state index contributed by atoms with van der Waals surface area (Å²) in [6, 6.07) is 3.11. The Morgan fingerprint density at radius 3 is 2.14 bits per heavy atom. The highest BCUT2D eigenvalue weighted by Gasteiger charge is 2.54. The van der Waals surface area contributed by atoms with Crippen LogP contribution < -0.4 is 4.74 Å². The van der Waals surface area contributed by atoms with Gasteiger partial charge in [0.2, 0.25) is 5.75 Å². The molecule has 0 N–H and O–H groups in total. The van der Waals surface area contributed by atoms with E-state index in [1.54, 1.807) is 0 Å². The Balaban J connectivity index is 2.46. The molecule has 0 radical (unpaired) electrons. The van der Waals surface area contributed by atoms with Crippen LogP contribution in [0.3, 0.4) is 0 Å². The maximum atomic E-state index is 13.5. The number of nitrogens with zero attached hydrogens (tertiary/aromatic N) is 1. The highest BCUT2D eigenvalue weighted by molar-refractivity contribution is 7.91. The summed E-state index contributed by atoms with van der Waals surface area (Å²) in [5.74, 6) is -2.73. The van der Waals surface area contributed by atoms with Crippen LogP contribution in [0.25, 0.3) is 0 Å². The average molecular weight is 319 g/mol. The molecule has 0 saturated carbocycles. The lowest BCUT2D eigenvalue weighted by atomic mass is 9.93. The first-order chi connectivity index (χ1) is 9.48. The van der Waals surface area contributed by atoms with Crippen LogP contribution in [0, 0.1) is 11.6 Å². The van der Waals surface area contributed by atoms with E-state index in [0.29, 0.717) is 0 Å². The van der Waals surface area contributed by atoms with E-state index >= 15 is 0 Å². The molecule has 0 atom stereocenters. The lowest BCUT2D eigenvalue weighted by Gasteiger charge is -2.41. The molecule has 5 nitrogen and oxygen atoms in total. The van der Waals surface area contributed by atoms with Crippen molar-refractivity contribution in [3.63, 3.8) is 0 Å². The summed E-state index contributed by atoms with van der Waals surface area (Å²) in [5, 5.41) is 0. The number of ether oxygens (including phenoxy) is 2. The minimum Gasteiger partial charge on any atom is -0.442 e. The number of hydrogen-bond donors (Lipinski definition) is 0. The van der Waals surface area contributed by atoms with Gasteiger partial charge in [-0.25, -0.2) is 17.2 Å². The number of para-hydroxylation sites is 1. The van der Waals surface area contributed by atoms with Gasteiger partial charge in [-0.05, 0) is 39.8 Å². The minimum atomic E-state index is -3.97. The van der Waals surface area contributed by atoms with Gasteiger partial charge in [0.25, 0.3) is 10.0 Å². The van der Waals surface area contributed by atoms with Gasteiger partial charge >= 0.3 is 6.08 Å². The van der Waals surface area contributed by atoms with Gasteiger partial charge in [0.15, 0.2) is 11.6 Å². The Kier molecular flexibility index (Phi) is 3.48. The largest absolute Gasteiger partial charge is 0.442 e. The van der Waals surface area contributed by atoms with Crippen molar-refractivity contribution in [3.8, 4) is 5.75 Å². The second-order valence-corrected chi connectivity index (χ2v) is 7.76. The van der Waals surface area contributed by atoms with Crippen LogP contribution in [-0.2, 0) is 14.8 Å². The van der Waals surface area contributed by atoms with Gasteiger partial charge in [-0.15, -0.1) is 0 Å². The van der Waals surface area contributed by atoms with Crippen molar-refractivity contribution in [2.24, 2.45) is 4.40 Å². The molecule has 2 rings (SSSR count). The van der Waals surface area contributed by atoms with Crippen molar-refractivity contribution in [3.05, 3.63) is 29.8 Å². The monoisotopic (exact) mass is 319 g/mol. The highest BCUT2D eigenvalue weighted by atomic mass is 32.2. The van der Waals surface area contributed by atoms with Gasteiger partial charge in [0.1, 0.15) is 10.3 Å². The lowest BCUT2D eigenvalue weighted by molar-refractivity contribution is 0.0299. The second kappa shape index (κ2) is 4.66. The molecular formula is C13H15F2NO4S. The highest BCUT2D eigenvalue weighted by Crippen LogP contribution is 2.38. The van der Waals surface area contributed by atoms with Gasteiger partial charge in [0.05, 0.1) is 0 Å². The molecule has 8 heteroatoms. The maximum absolute atomic E-state index is 13.5. The third-order valence-electron chi connectivity index (χ3n) is 3.74. The van der Waals surface area contributed by atoms with E-state index in [-0.39, 0.29) is 0 Å². The van der Waals surface area contributed by atoms with Crippen LogP contribution in [0.2, 0.25) is 0 Å². The zero-order valence-electron chi connectivity index (χ0n) is 12.0. The number of rotatable bonds is 1. The van der Waals surface area contributed by atoms with Crippen LogP contribution in [0.1, 0.15) is 27.7 Å². The van der Waals surface area contributed by atoms with Crippen molar-refractivity contribution >= 4 is 16.1 Å². The predicted octanol–water partition coefficient (Wildman–Crippen LogP) is 2.62. The van der Waals surface area contributed by atoms with Crippen molar-refractivity contribution < 1.29 is 26.7 Å². The Morgan fingerprint density at radius 1 is 1.14 bits per heavy atom. The van der Waals surface area contributed by atoms with Crippen molar-refractivity contribution in [1.29, 1.82) is 0 Å². The van der Waals surface area contributed by atoms with E-state index in [1.165, 1.54) is 27.7 Å². The number of hydrogen-bond acceptors (Lipinski definition) is 4. The summed E-state index contributed by atoms with van der Waals surface area (Å²) >= 11 is 0. The number of sulfonamides is 1. The Bertz CT molecular complexity index is 691. The molecule has 116 valence electrons. The molecular weight excluding hydrogens is 304 g/mol. The van der Waals surface area contributed by atoms with E-state index < -0.39 is 43.8 Å². The van der Waals surface area contributed by atoms with Gasteiger partial charge in [-0.3, -0.25) is 0 Å². The van der Waals surface area contributed by atoms with Crippen LogP contribution in [-0.4, -0.2) is 24.8 Å². The molecule has 0 amide bonds. The normalized spacial score (nSPS) is 22.1. The number of benzene rings is 1. The van der Waals surface area contributed by atoms with E-state index in [0.717, 1.165) is 18.2 Å². The van der Waals surface area contributed by atoms with Crippen molar-refractivity contribution in [2.75, 3.05) is 0 Å². The van der Waals surface area contributed by atoms with Gasteiger partial charge < -0.3 is 9.47 Å². The first-order valence-electron chi connectivity index (χ1n) is 6.13. The topological polar surface area (TPSA) is 65.0 Å². The summed E-state index contributed by atoms with van der Waals surface area (Å²) in [6.45, 7) is 5.96. The molecule has 1 heterocycles. The standard InChI is InChI=1S/C13H15F2NO4S/c1-12(2)13(3,4)21(17,18)16-11(20-12)19-10-8(14)6-5-7-9(10)15/h5-7H,1-4H3. The first-order valence-corrected chi connectivity index (χ1v) is 7.57. The Labute approximate surface area is 121 Å². The fourth-order valence-electron chi connectivity index (χ4n) is 1.59. The van der Waals surface area contributed by atoms with Gasteiger partial charge in [0, 0.05) is 0 Å². The maximum Gasteiger partial charge on any atom is 0.405 e. The van der Waals surface area contributed by atoms with Gasteiger partial charge in [-0.1, -0.05) is 10.5 Å². The molecule has 0 unspecified atom stereocenters. The minimum absolute atomic E-state index is 0.705. The predicted molar refractivity (Wildman–Crippen MR) is 72.6 cm³/mol. The molecule has 0 saturated heterocycles. The molecule has 0 spiro atoms. The fraction of sp³-hybridized carbons (Fsp3) is 0.462. The lowest BCUT2D eigenvalue weighted by Crippen LogP contribution is -2.56. The zero-order valence-corrected chi connectivity index (χ0v) is 12.8. The number of halogens is 2. The summed E-state index contributed by atoms with van der Waals surface area (Å²) in [4.78, 5) is 0. The summed E-state index contributed by atoms with van der Waals surface area (Å²) in [5.41, 5.74) is -1.19. The molecule has 1 aromatic rings. The summed E-state index contributed by atoms with van der Waals surface area (Å²) in [6.07, 6.45) is -0.705. The second-order valence-electron chi connectivity index (χ2n) is 5.61. The van der Waals surface area contributed by atoms with E-state index in [1.807, 2.05) is 0 Å². The van der Waals surface area contributed by atoms with E-state index in [9.17, 15) is 17.2 Å².